The van der Waals surface area contributed by atoms with Crippen LogP contribution in [0.4, 0.5) is 4.79 Å². The predicted octanol–water partition coefficient (Wildman–Crippen LogP) is 4.49. The summed E-state index contributed by atoms with van der Waals surface area (Å²) in [6.07, 6.45) is 0.393. The Hall–Kier alpha value is -4.77. The summed E-state index contributed by atoms with van der Waals surface area (Å²) in [5, 5.41) is 2.77. The van der Waals surface area contributed by atoms with E-state index in [-0.39, 0.29) is 33.0 Å². The van der Waals surface area contributed by atoms with Crippen molar-refractivity contribution in [2.75, 3.05) is 20.2 Å². The number of aldehydes is 1. The van der Waals surface area contributed by atoms with Gasteiger partial charge in [-0.15, -0.1) is 0 Å². The number of alkyl carbamates (subject to hydrolysis) is 1. The number of rotatable bonds is 9. The molecule has 11 nitrogen and oxygen atoms in total. The molecular weight excluding hydrogens is 580 g/mol. The van der Waals surface area contributed by atoms with Crippen LogP contribution < -0.4 is 24.3 Å². The van der Waals surface area contributed by atoms with Crippen molar-refractivity contribution in [3.05, 3.63) is 82.9 Å². The molecule has 236 valence electrons. The Morgan fingerprint density at radius 1 is 0.933 bits per heavy atom. The summed E-state index contributed by atoms with van der Waals surface area (Å²) in [7, 11) is 0. The van der Waals surface area contributed by atoms with E-state index in [1.165, 1.54) is 4.90 Å². The zero-order valence-corrected chi connectivity index (χ0v) is 25.4. The number of nitrogens with zero attached hydrogens (tertiary/aromatic N) is 1. The zero-order chi connectivity index (χ0) is 31.6. The number of nitrogens with one attached hydrogen (secondary N) is 1. The molecule has 0 fully saturated rings. The molecule has 0 saturated carbocycles. The van der Waals surface area contributed by atoms with Crippen molar-refractivity contribution in [3.63, 3.8) is 0 Å². The second kappa shape index (κ2) is 12.7. The lowest BCUT2D eigenvalue weighted by molar-refractivity contribution is -0.144. The van der Waals surface area contributed by atoms with Gasteiger partial charge in [-0.1, -0.05) is 36.4 Å². The monoisotopic (exact) mass is 616 g/mol. The summed E-state index contributed by atoms with van der Waals surface area (Å²) in [5.41, 5.74) is 2.56. The first-order valence-corrected chi connectivity index (χ1v) is 14.9. The van der Waals surface area contributed by atoms with Crippen molar-refractivity contribution >= 4 is 18.3 Å². The van der Waals surface area contributed by atoms with Crippen LogP contribution in [0.1, 0.15) is 49.1 Å². The maximum absolute atomic E-state index is 14.6. The third kappa shape index (κ3) is 6.83. The van der Waals surface area contributed by atoms with Crippen LogP contribution >= 0.6 is 0 Å². The molecule has 0 saturated heterocycles. The highest BCUT2D eigenvalue weighted by molar-refractivity contribution is 5.89. The van der Waals surface area contributed by atoms with Crippen LogP contribution in [0.25, 0.3) is 0 Å². The number of hydrogen-bond donors (Lipinski definition) is 1. The molecule has 0 spiro atoms. The molecule has 0 unspecified atom stereocenters. The van der Waals surface area contributed by atoms with Crippen molar-refractivity contribution in [3.8, 4) is 23.0 Å². The van der Waals surface area contributed by atoms with Gasteiger partial charge in [-0.05, 0) is 67.3 Å². The molecule has 3 aromatic rings. The van der Waals surface area contributed by atoms with Crippen molar-refractivity contribution in [2.24, 2.45) is 0 Å². The normalized spacial score (nSPS) is 18.6. The number of ether oxygens (including phenoxy) is 6. The smallest absolute Gasteiger partial charge is 0.408 e. The number of fused-ring (bicyclic) bond motifs is 3. The molecule has 0 radical (unpaired) electrons. The summed E-state index contributed by atoms with van der Waals surface area (Å²) < 4.78 is 33.9. The molecule has 3 aliphatic heterocycles. The van der Waals surface area contributed by atoms with E-state index in [0.29, 0.717) is 29.6 Å². The van der Waals surface area contributed by atoms with Crippen LogP contribution in [0.3, 0.4) is 0 Å². The quantitative estimate of drug-likeness (QED) is 0.347. The molecule has 3 aromatic carbocycles. The minimum Gasteiger partial charge on any atom is -0.454 e. The molecule has 6 rings (SSSR count). The molecule has 11 heteroatoms. The molecule has 0 aromatic heterocycles. The van der Waals surface area contributed by atoms with Gasteiger partial charge in [0.2, 0.25) is 19.5 Å². The van der Waals surface area contributed by atoms with Crippen molar-refractivity contribution in [1.82, 2.24) is 10.2 Å². The van der Waals surface area contributed by atoms with E-state index in [1.807, 2.05) is 48.5 Å². The number of hydrogen-bond acceptors (Lipinski definition) is 9. The van der Waals surface area contributed by atoms with Gasteiger partial charge in [0.25, 0.3) is 0 Å². The zero-order valence-electron chi connectivity index (χ0n) is 25.4. The van der Waals surface area contributed by atoms with Gasteiger partial charge < -0.3 is 43.4 Å². The highest BCUT2D eigenvalue weighted by Crippen LogP contribution is 2.42. The van der Waals surface area contributed by atoms with E-state index in [2.05, 4.69) is 5.32 Å². The minimum atomic E-state index is -1.07. The fourth-order valence-electron chi connectivity index (χ4n) is 5.79. The van der Waals surface area contributed by atoms with Gasteiger partial charge in [-0.2, -0.15) is 0 Å². The Kier molecular flexibility index (Phi) is 8.53. The first-order valence-electron chi connectivity index (χ1n) is 14.9. The third-order valence-corrected chi connectivity index (χ3v) is 7.78. The van der Waals surface area contributed by atoms with Crippen LogP contribution in [0.15, 0.2) is 60.7 Å². The van der Waals surface area contributed by atoms with Crippen molar-refractivity contribution in [1.29, 1.82) is 0 Å². The lowest BCUT2D eigenvalue weighted by atomic mass is 9.87. The number of amides is 2. The Balaban J connectivity index is 1.34. The second-order valence-electron chi connectivity index (χ2n) is 12.2. The maximum Gasteiger partial charge on any atom is 0.408 e. The van der Waals surface area contributed by atoms with Crippen LogP contribution in [0, 0.1) is 0 Å². The Morgan fingerprint density at radius 2 is 1.62 bits per heavy atom. The van der Waals surface area contributed by atoms with Gasteiger partial charge in [0.15, 0.2) is 23.0 Å². The SMILES string of the molecule is CC(C)(C)OC(=O)N[C@@H](Cc1ccc2c(c1)OCO2)C(=O)N1[C@H](C=O)Cc2cc3c(cc2[C@@H]1COCc1ccccc1)OCO3. The minimum absolute atomic E-state index is 0.0879. The molecule has 0 bridgehead atoms. The Labute approximate surface area is 261 Å². The highest BCUT2D eigenvalue weighted by Gasteiger charge is 2.42. The van der Waals surface area contributed by atoms with Gasteiger partial charge >= 0.3 is 6.09 Å². The lowest BCUT2D eigenvalue weighted by Crippen LogP contribution is -2.57. The van der Waals surface area contributed by atoms with E-state index < -0.39 is 35.7 Å². The first-order chi connectivity index (χ1) is 21.7. The van der Waals surface area contributed by atoms with Crippen LogP contribution in [0.2, 0.25) is 0 Å². The molecular formula is C34H36N2O9. The molecule has 0 aliphatic carbocycles. The van der Waals surface area contributed by atoms with Gasteiger partial charge in [0.05, 0.1) is 25.3 Å². The molecule has 3 atom stereocenters. The predicted molar refractivity (Wildman–Crippen MR) is 161 cm³/mol. The largest absolute Gasteiger partial charge is 0.454 e. The topological polar surface area (TPSA) is 122 Å². The summed E-state index contributed by atoms with van der Waals surface area (Å²) >= 11 is 0. The summed E-state index contributed by atoms with van der Waals surface area (Å²) in [6.45, 7) is 5.84. The fourth-order valence-corrected chi connectivity index (χ4v) is 5.79. The summed E-state index contributed by atoms with van der Waals surface area (Å²) in [6, 6.07) is 16.2. The van der Waals surface area contributed by atoms with Crippen LogP contribution in [-0.2, 0) is 38.5 Å². The van der Waals surface area contributed by atoms with Gasteiger partial charge in [-0.3, -0.25) is 4.79 Å². The lowest BCUT2D eigenvalue weighted by Gasteiger charge is -2.42. The average molecular weight is 617 g/mol. The van der Waals surface area contributed by atoms with E-state index in [0.717, 1.165) is 28.5 Å². The molecule has 2 amide bonds. The van der Waals surface area contributed by atoms with Gasteiger partial charge in [0, 0.05) is 12.8 Å². The first kappa shape index (κ1) is 30.3. The maximum atomic E-state index is 14.6. The Morgan fingerprint density at radius 3 is 2.33 bits per heavy atom. The van der Waals surface area contributed by atoms with Gasteiger partial charge in [-0.25, -0.2) is 4.79 Å². The van der Waals surface area contributed by atoms with E-state index in [9.17, 15) is 14.4 Å². The summed E-state index contributed by atoms with van der Waals surface area (Å²) in [5.74, 6) is 1.85. The molecule has 3 heterocycles. The number of carbonyl (C=O) groups excluding carboxylic acids is 3. The van der Waals surface area contributed by atoms with Crippen LogP contribution in [0.5, 0.6) is 23.0 Å². The van der Waals surface area contributed by atoms with E-state index in [1.54, 1.807) is 32.9 Å². The molecule has 45 heavy (non-hydrogen) atoms. The second-order valence-corrected chi connectivity index (χ2v) is 12.2. The summed E-state index contributed by atoms with van der Waals surface area (Å²) in [4.78, 5) is 41.8. The number of benzene rings is 3. The standard InChI is InChI=1S/C34H36N2O9/c1-34(2,3)45-33(39)35-26(11-22-9-10-28-29(12-22)42-19-41-28)32(38)36-24(16-37)13-23-14-30-31(44-20-43-30)15-25(23)27(36)18-40-17-21-7-5-4-6-8-21/h4-10,12,14-16,24,26-27H,11,13,17-20H2,1-3H3,(H,35,39)/t24-,26-,27-/m0/s1. The highest BCUT2D eigenvalue weighted by atomic mass is 16.7. The molecule has 1 N–H and O–H groups in total. The fraction of sp³-hybridized carbons (Fsp3) is 0.382. The van der Waals surface area contributed by atoms with E-state index >= 15 is 0 Å². The van der Waals surface area contributed by atoms with Crippen LogP contribution in [-0.4, -0.2) is 61.1 Å². The third-order valence-electron chi connectivity index (χ3n) is 7.78. The van der Waals surface area contributed by atoms with Crippen molar-refractivity contribution in [2.45, 2.75) is 63.9 Å². The van der Waals surface area contributed by atoms with Crippen molar-refractivity contribution < 1.29 is 42.8 Å². The Bertz CT molecular complexity index is 1570. The average Bonchev–Trinajstić information content (AvgIpc) is 3.67. The van der Waals surface area contributed by atoms with Gasteiger partial charge in [0.1, 0.15) is 17.9 Å². The number of carbonyl (C=O) groups is 3. The van der Waals surface area contributed by atoms with E-state index in [4.69, 9.17) is 28.4 Å². The molecule has 3 aliphatic rings.